The van der Waals surface area contributed by atoms with E-state index in [1.807, 2.05) is 4.90 Å². The molecule has 0 bridgehead atoms. The van der Waals surface area contributed by atoms with E-state index in [4.69, 9.17) is 4.74 Å². The van der Waals surface area contributed by atoms with Crippen LogP contribution in [-0.2, 0) is 4.74 Å². The molecule has 2 rings (SSSR count). The molecular weight excluding hydrogens is 168 g/mol. The highest BCUT2D eigenvalue weighted by Crippen LogP contribution is 2.15. The van der Waals surface area contributed by atoms with Gasteiger partial charge in [-0.25, -0.2) is 4.79 Å². The third kappa shape index (κ3) is 1.94. The van der Waals surface area contributed by atoms with Gasteiger partial charge in [0.05, 0.1) is 6.61 Å². The zero-order valence-electron chi connectivity index (χ0n) is 7.79. The largest absolute Gasteiger partial charge is 0.449 e. The van der Waals surface area contributed by atoms with Crippen LogP contribution in [0.1, 0.15) is 19.3 Å². The number of hydrogen-bond acceptors (Lipinski definition) is 3. The lowest BCUT2D eigenvalue weighted by molar-refractivity contribution is 0.0498. The van der Waals surface area contributed by atoms with Gasteiger partial charge in [0.2, 0.25) is 0 Å². The zero-order chi connectivity index (χ0) is 9.10. The quantitative estimate of drug-likeness (QED) is 0.648. The van der Waals surface area contributed by atoms with Crippen molar-refractivity contribution in [3.05, 3.63) is 0 Å². The fraction of sp³-hybridized carbons (Fsp3) is 0.889. The molecule has 2 saturated heterocycles. The number of cyclic esters (lactones) is 1. The summed E-state index contributed by atoms with van der Waals surface area (Å²) in [5, 5.41) is 3.30. The van der Waals surface area contributed by atoms with Crippen LogP contribution >= 0.6 is 0 Å². The van der Waals surface area contributed by atoms with Crippen LogP contribution in [0.3, 0.4) is 0 Å². The number of nitrogens with one attached hydrogen (secondary N) is 1. The molecule has 4 nitrogen and oxygen atoms in total. The Morgan fingerprint density at radius 3 is 3.08 bits per heavy atom. The molecule has 2 fully saturated rings. The van der Waals surface area contributed by atoms with Gasteiger partial charge in [-0.2, -0.15) is 0 Å². The lowest BCUT2D eigenvalue weighted by atomic mass is 10.1. The predicted octanol–water partition coefficient (Wildman–Crippen LogP) is 0.581. The lowest BCUT2D eigenvalue weighted by Crippen LogP contribution is -2.51. The molecule has 1 atom stereocenters. The molecule has 2 aliphatic rings. The van der Waals surface area contributed by atoms with Gasteiger partial charge in [0.1, 0.15) is 0 Å². The van der Waals surface area contributed by atoms with Crippen molar-refractivity contribution in [2.24, 2.45) is 0 Å². The fourth-order valence-electron chi connectivity index (χ4n) is 2.00. The Balaban J connectivity index is 1.92. The average molecular weight is 184 g/mol. The van der Waals surface area contributed by atoms with Crippen LogP contribution < -0.4 is 5.32 Å². The minimum atomic E-state index is -0.125. The number of amides is 1. The Kier molecular flexibility index (Phi) is 2.68. The minimum absolute atomic E-state index is 0.125. The van der Waals surface area contributed by atoms with Crippen molar-refractivity contribution < 1.29 is 9.53 Å². The number of carbonyl (C=O) groups is 1. The smallest absolute Gasteiger partial charge is 0.410 e. The lowest BCUT2D eigenvalue weighted by Gasteiger charge is -2.36. The van der Waals surface area contributed by atoms with E-state index in [0.29, 0.717) is 12.6 Å². The summed E-state index contributed by atoms with van der Waals surface area (Å²) in [7, 11) is 0. The van der Waals surface area contributed by atoms with Crippen molar-refractivity contribution in [3.63, 3.8) is 0 Å². The molecule has 0 aliphatic carbocycles. The summed E-state index contributed by atoms with van der Waals surface area (Å²) in [6.07, 6.45) is 3.12. The molecule has 0 saturated carbocycles. The molecule has 13 heavy (non-hydrogen) atoms. The van der Waals surface area contributed by atoms with E-state index in [1.165, 1.54) is 0 Å². The number of ether oxygens (including phenoxy) is 1. The van der Waals surface area contributed by atoms with Gasteiger partial charge in [0, 0.05) is 19.1 Å². The van der Waals surface area contributed by atoms with Crippen LogP contribution in [0, 0.1) is 0 Å². The molecule has 4 heteroatoms. The Bertz CT molecular complexity index is 190. The standard InChI is InChI=1S/C9H16N2O2/c12-9-11(5-2-6-13-9)8-3-1-4-10-7-8/h8,10H,1-7H2/t8-/m1/s1. The minimum Gasteiger partial charge on any atom is -0.449 e. The Labute approximate surface area is 78.2 Å². The van der Waals surface area contributed by atoms with Crippen molar-refractivity contribution >= 4 is 6.09 Å². The van der Waals surface area contributed by atoms with E-state index in [0.717, 1.165) is 38.9 Å². The number of rotatable bonds is 1. The third-order valence-corrected chi connectivity index (χ3v) is 2.72. The second kappa shape index (κ2) is 3.96. The summed E-state index contributed by atoms with van der Waals surface area (Å²) in [6, 6.07) is 0.363. The SMILES string of the molecule is O=C1OCCCN1[C@@H]1CCCNC1. The van der Waals surface area contributed by atoms with E-state index in [1.54, 1.807) is 0 Å². The molecule has 0 unspecified atom stereocenters. The van der Waals surface area contributed by atoms with Crippen LogP contribution in [0.4, 0.5) is 4.79 Å². The molecule has 74 valence electrons. The topological polar surface area (TPSA) is 41.6 Å². The van der Waals surface area contributed by atoms with Crippen LogP contribution in [0.25, 0.3) is 0 Å². The fourth-order valence-corrected chi connectivity index (χ4v) is 2.00. The van der Waals surface area contributed by atoms with Crippen molar-refractivity contribution in [1.29, 1.82) is 0 Å². The van der Waals surface area contributed by atoms with Crippen LogP contribution in [-0.4, -0.2) is 43.3 Å². The van der Waals surface area contributed by atoms with Crippen LogP contribution in [0.5, 0.6) is 0 Å². The number of nitrogens with zero attached hydrogens (tertiary/aromatic N) is 1. The van der Waals surface area contributed by atoms with E-state index in [9.17, 15) is 4.79 Å². The summed E-state index contributed by atoms with van der Waals surface area (Å²) in [5.74, 6) is 0. The van der Waals surface area contributed by atoms with Crippen molar-refractivity contribution in [3.8, 4) is 0 Å². The molecular formula is C9H16N2O2. The maximum atomic E-state index is 11.4. The van der Waals surface area contributed by atoms with Gasteiger partial charge >= 0.3 is 6.09 Å². The number of carbonyl (C=O) groups excluding carboxylic acids is 1. The number of hydrogen-bond donors (Lipinski definition) is 1. The van der Waals surface area contributed by atoms with Gasteiger partial charge in [-0.15, -0.1) is 0 Å². The third-order valence-electron chi connectivity index (χ3n) is 2.72. The van der Waals surface area contributed by atoms with Crippen LogP contribution in [0.2, 0.25) is 0 Å². The van der Waals surface area contributed by atoms with Crippen molar-refractivity contribution in [2.45, 2.75) is 25.3 Å². The van der Waals surface area contributed by atoms with Gasteiger partial charge in [-0.05, 0) is 25.8 Å². The summed E-state index contributed by atoms with van der Waals surface area (Å²) in [6.45, 7) is 3.47. The van der Waals surface area contributed by atoms with Crippen LogP contribution in [0.15, 0.2) is 0 Å². The normalized spacial score (nSPS) is 30.0. The molecule has 0 aromatic heterocycles. The van der Waals surface area contributed by atoms with E-state index in [2.05, 4.69) is 5.32 Å². The highest BCUT2D eigenvalue weighted by Gasteiger charge is 2.28. The zero-order valence-corrected chi connectivity index (χ0v) is 7.79. The van der Waals surface area contributed by atoms with E-state index < -0.39 is 0 Å². The van der Waals surface area contributed by atoms with Gasteiger partial charge in [0.15, 0.2) is 0 Å². The van der Waals surface area contributed by atoms with Gasteiger partial charge in [-0.1, -0.05) is 0 Å². The molecule has 0 aromatic rings. The predicted molar refractivity (Wildman–Crippen MR) is 48.6 cm³/mol. The summed E-state index contributed by atoms with van der Waals surface area (Å²) >= 11 is 0. The maximum Gasteiger partial charge on any atom is 0.410 e. The Hall–Kier alpha value is -0.770. The Morgan fingerprint density at radius 1 is 1.46 bits per heavy atom. The van der Waals surface area contributed by atoms with Gasteiger partial charge in [-0.3, -0.25) is 0 Å². The Morgan fingerprint density at radius 2 is 2.38 bits per heavy atom. The van der Waals surface area contributed by atoms with Gasteiger partial charge in [0.25, 0.3) is 0 Å². The first-order valence-electron chi connectivity index (χ1n) is 5.02. The van der Waals surface area contributed by atoms with Gasteiger partial charge < -0.3 is 15.0 Å². The molecule has 2 aliphatic heterocycles. The molecule has 2 heterocycles. The summed E-state index contributed by atoms with van der Waals surface area (Å²) in [5.41, 5.74) is 0. The molecule has 0 aromatic carbocycles. The summed E-state index contributed by atoms with van der Waals surface area (Å²) in [4.78, 5) is 13.2. The number of piperidine rings is 1. The summed E-state index contributed by atoms with van der Waals surface area (Å²) < 4.78 is 5.00. The highest BCUT2D eigenvalue weighted by atomic mass is 16.6. The highest BCUT2D eigenvalue weighted by molar-refractivity contribution is 5.68. The van der Waals surface area contributed by atoms with E-state index in [-0.39, 0.29) is 6.09 Å². The molecule has 1 N–H and O–H groups in total. The maximum absolute atomic E-state index is 11.4. The monoisotopic (exact) mass is 184 g/mol. The first kappa shape index (κ1) is 8.81. The van der Waals surface area contributed by atoms with E-state index >= 15 is 0 Å². The second-order valence-corrected chi connectivity index (χ2v) is 3.66. The van der Waals surface area contributed by atoms with Crippen molar-refractivity contribution in [2.75, 3.05) is 26.2 Å². The average Bonchev–Trinajstić information content (AvgIpc) is 2.20. The molecule has 0 radical (unpaired) electrons. The first-order chi connectivity index (χ1) is 6.38. The molecule has 1 amide bonds. The second-order valence-electron chi connectivity index (χ2n) is 3.66. The first-order valence-corrected chi connectivity index (χ1v) is 5.02. The van der Waals surface area contributed by atoms with Crippen molar-refractivity contribution in [1.82, 2.24) is 10.2 Å². The molecule has 0 spiro atoms.